The molecule has 0 saturated heterocycles. The highest BCUT2D eigenvalue weighted by atomic mass is 32.1. The number of rotatable bonds is 3. The maximum Gasteiger partial charge on any atom is 0.392 e. The zero-order valence-corrected chi connectivity index (χ0v) is 8.87. The van der Waals surface area contributed by atoms with Crippen LogP contribution in [0, 0.1) is 0 Å². The van der Waals surface area contributed by atoms with Gasteiger partial charge in [0.05, 0.1) is 11.1 Å². The summed E-state index contributed by atoms with van der Waals surface area (Å²) in [6.45, 7) is 2.07. The van der Waals surface area contributed by atoms with Crippen LogP contribution in [0.3, 0.4) is 0 Å². The molecule has 15 heavy (non-hydrogen) atoms. The first kappa shape index (κ1) is 9.92. The van der Waals surface area contributed by atoms with Gasteiger partial charge in [0, 0.05) is 4.88 Å². The van der Waals surface area contributed by atoms with Crippen molar-refractivity contribution in [1.82, 2.24) is 4.98 Å². The fraction of sp³-hybridized carbons (Fsp3) is 0.200. The summed E-state index contributed by atoms with van der Waals surface area (Å²) in [5.74, 6) is -0.901. The third-order valence-electron chi connectivity index (χ3n) is 1.94. The molecule has 1 N–H and O–H groups in total. The Bertz CT molecular complexity index is 486. The molecule has 2 aromatic heterocycles. The Morgan fingerprint density at radius 1 is 1.60 bits per heavy atom. The molecule has 4 nitrogen and oxygen atoms in total. The standard InChI is InChI=1S/C10H9NO3S/c1-2-6-3-4-8(15-6)7-5-11-9(14-7)10(12)13/h3-5H,2H2,1H3,(H,12,13). The highest BCUT2D eigenvalue weighted by Gasteiger charge is 2.13. The molecular weight excluding hydrogens is 214 g/mol. The summed E-state index contributed by atoms with van der Waals surface area (Å²) in [5.41, 5.74) is 0. The van der Waals surface area contributed by atoms with E-state index in [9.17, 15) is 4.79 Å². The normalized spacial score (nSPS) is 10.5. The number of carboxylic acids is 1. The second kappa shape index (κ2) is 3.86. The summed E-state index contributed by atoms with van der Waals surface area (Å²) in [6.07, 6.45) is 2.40. The molecular formula is C10H9NO3S. The van der Waals surface area contributed by atoms with Crippen LogP contribution in [0.15, 0.2) is 22.7 Å². The predicted molar refractivity (Wildman–Crippen MR) is 56.2 cm³/mol. The van der Waals surface area contributed by atoms with Crippen LogP contribution < -0.4 is 0 Å². The molecule has 0 bridgehead atoms. The predicted octanol–water partition coefficient (Wildman–Crippen LogP) is 2.66. The molecule has 0 saturated carbocycles. The molecule has 0 aliphatic heterocycles. The van der Waals surface area contributed by atoms with Crippen molar-refractivity contribution < 1.29 is 14.3 Å². The van der Waals surface area contributed by atoms with Gasteiger partial charge in [-0.25, -0.2) is 9.78 Å². The van der Waals surface area contributed by atoms with E-state index in [1.165, 1.54) is 11.1 Å². The topological polar surface area (TPSA) is 63.3 Å². The van der Waals surface area contributed by atoms with Gasteiger partial charge in [-0.2, -0.15) is 0 Å². The number of aromatic carboxylic acids is 1. The highest BCUT2D eigenvalue weighted by Crippen LogP contribution is 2.28. The fourth-order valence-corrected chi connectivity index (χ4v) is 2.08. The second-order valence-corrected chi connectivity index (χ2v) is 4.12. The Morgan fingerprint density at radius 3 is 2.93 bits per heavy atom. The van der Waals surface area contributed by atoms with Gasteiger partial charge in [-0.3, -0.25) is 0 Å². The van der Waals surface area contributed by atoms with Gasteiger partial charge >= 0.3 is 11.9 Å². The highest BCUT2D eigenvalue weighted by molar-refractivity contribution is 7.15. The number of thiophene rings is 1. The van der Waals surface area contributed by atoms with E-state index in [-0.39, 0.29) is 5.89 Å². The molecule has 78 valence electrons. The molecule has 0 spiro atoms. The summed E-state index contributed by atoms with van der Waals surface area (Å²) < 4.78 is 5.09. The number of nitrogens with zero attached hydrogens (tertiary/aromatic N) is 1. The smallest absolute Gasteiger partial charge is 0.392 e. The fourth-order valence-electron chi connectivity index (χ4n) is 1.19. The van der Waals surface area contributed by atoms with Crippen molar-refractivity contribution in [3.63, 3.8) is 0 Å². The zero-order chi connectivity index (χ0) is 10.8. The van der Waals surface area contributed by atoms with Crippen LogP contribution in [-0.4, -0.2) is 16.1 Å². The average molecular weight is 223 g/mol. The van der Waals surface area contributed by atoms with Crippen molar-refractivity contribution in [3.8, 4) is 10.6 Å². The van der Waals surface area contributed by atoms with Crippen LogP contribution >= 0.6 is 11.3 Å². The van der Waals surface area contributed by atoms with Crippen molar-refractivity contribution >= 4 is 17.3 Å². The summed E-state index contributed by atoms with van der Waals surface area (Å²) >= 11 is 1.58. The van der Waals surface area contributed by atoms with E-state index in [0.29, 0.717) is 5.76 Å². The van der Waals surface area contributed by atoms with E-state index in [0.717, 1.165) is 11.3 Å². The molecule has 0 unspecified atom stereocenters. The summed E-state index contributed by atoms with van der Waals surface area (Å²) in [4.78, 5) is 16.4. The van der Waals surface area contributed by atoms with Crippen LogP contribution in [0.25, 0.3) is 10.6 Å². The van der Waals surface area contributed by atoms with Gasteiger partial charge in [-0.15, -0.1) is 11.3 Å². The van der Waals surface area contributed by atoms with Crippen LogP contribution in [0.1, 0.15) is 22.5 Å². The first-order valence-corrected chi connectivity index (χ1v) is 5.30. The van der Waals surface area contributed by atoms with Crippen LogP contribution in [-0.2, 0) is 6.42 Å². The molecule has 2 rings (SSSR count). The molecule has 0 atom stereocenters. The molecule has 0 aliphatic rings. The first-order valence-electron chi connectivity index (χ1n) is 4.49. The first-order chi connectivity index (χ1) is 7.20. The lowest BCUT2D eigenvalue weighted by atomic mass is 10.3. The van der Waals surface area contributed by atoms with Crippen molar-refractivity contribution in [3.05, 3.63) is 29.1 Å². The molecule has 5 heteroatoms. The second-order valence-electron chi connectivity index (χ2n) is 2.95. The van der Waals surface area contributed by atoms with E-state index in [1.807, 2.05) is 12.1 Å². The number of hydrogen-bond acceptors (Lipinski definition) is 4. The molecule has 0 aliphatic carbocycles. The zero-order valence-electron chi connectivity index (χ0n) is 8.06. The number of hydrogen-bond donors (Lipinski definition) is 1. The summed E-state index contributed by atoms with van der Waals surface area (Å²) in [5, 5.41) is 8.64. The Labute approximate surface area is 90.2 Å². The van der Waals surface area contributed by atoms with Gasteiger partial charge in [0.1, 0.15) is 0 Å². The Kier molecular flexibility index (Phi) is 2.55. The third kappa shape index (κ3) is 1.92. The van der Waals surface area contributed by atoms with E-state index in [2.05, 4.69) is 11.9 Å². The lowest BCUT2D eigenvalue weighted by Gasteiger charge is -1.88. The van der Waals surface area contributed by atoms with Gasteiger partial charge in [0.15, 0.2) is 5.76 Å². The molecule has 2 heterocycles. The van der Waals surface area contributed by atoms with Crippen molar-refractivity contribution in [2.45, 2.75) is 13.3 Å². The van der Waals surface area contributed by atoms with Crippen LogP contribution in [0.2, 0.25) is 0 Å². The van der Waals surface area contributed by atoms with Gasteiger partial charge in [0.2, 0.25) is 0 Å². The lowest BCUT2D eigenvalue weighted by Crippen LogP contribution is -1.94. The number of carbonyl (C=O) groups is 1. The number of aromatic nitrogens is 1. The van der Waals surface area contributed by atoms with Gasteiger partial charge in [0.25, 0.3) is 0 Å². The third-order valence-corrected chi connectivity index (χ3v) is 3.19. The van der Waals surface area contributed by atoms with E-state index in [1.54, 1.807) is 11.3 Å². The molecule has 0 fully saturated rings. The minimum absolute atomic E-state index is 0.267. The SMILES string of the molecule is CCc1ccc(-c2cnc(C(=O)O)o2)s1. The van der Waals surface area contributed by atoms with Gasteiger partial charge in [-0.05, 0) is 18.6 Å². The minimum Gasteiger partial charge on any atom is -0.474 e. The monoisotopic (exact) mass is 223 g/mol. The quantitative estimate of drug-likeness (QED) is 0.868. The Hall–Kier alpha value is -1.62. The Balaban J connectivity index is 2.32. The summed E-state index contributed by atoms with van der Waals surface area (Å²) in [6, 6.07) is 3.92. The van der Waals surface area contributed by atoms with Crippen molar-refractivity contribution in [2.24, 2.45) is 0 Å². The maximum absolute atomic E-state index is 10.6. The lowest BCUT2D eigenvalue weighted by molar-refractivity contribution is 0.0654. The molecule has 2 aromatic rings. The Morgan fingerprint density at radius 2 is 2.40 bits per heavy atom. The number of carboxylic acid groups (broad SMARTS) is 1. The number of oxazole rings is 1. The van der Waals surface area contributed by atoms with E-state index >= 15 is 0 Å². The maximum atomic E-state index is 10.6. The molecule has 0 aromatic carbocycles. The largest absolute Gasteiger partial charge is 0.474 e. The van der Waals surface area contributed by atoms with Crippen LogP contribution in [0.4, 0.5) is 0 Å². The van der Waals surface area contributed by atoms with E-state index in [4.69, 9.17) is 9.52 Å². The molecule has 0 radical (unpaired) electrons. The van der Waals surface area contributed by atoms with Gasteiger partial charge in [-0.1, -0.05) is 6.92 Å². The average Bonchev–Trinajstić information content (AvgIpc) is 2.86. The summed E-state index contributed by atoms with van der Waals surface area (Å²) in [7, 11) is 0. The van der Waals surface area contributed by atoms with Gasteiger partial charge < -0.3 is 9.52 Å². The van der Waals surface area contributed by atoms with E-state index < -0.39 is 5.97 Å². The van der Waals surface area contributed by atoms with Crippen molar-refractivity contribution in [1.29, 1.82) is 0 Å². The molecule has 0 amide bonds. The number of aryl methyl sites for hydroxylation is 1. The minimum atomic E-state index is -1.14. The van der Waals surface area contributed by atoms with Crippen molar-refractivity contribution in [2.75, 3.05) is 0 Å². The van der Waals surface area contributed by atoms with Crippen LogP contribution in [0.5, 0.6) is 0 Å².